The SMILES string of the molecule is O=[N+]([O-])c1ccccc1-c1csc(NC2CC2)n1. The summed E-state index contributed by atoms with van der Waals surface area (Å²) in [7, 11) is 0. The summed E-state index contributed by atoms with van der Waals surface area (Å²) in [6.45, 7) is 0. The third-order valence-electron chi connectivity index (χ3n) is 2.79. The Morgan fingerprint density at radius 3 is 2.89 bits per heavy atom. The van der Waals surface area contributed by atoms with E-state index in [0.29, 0.717) is 17.3 Å². The van der Waals surface area contributed by atoms with Gasteiger partial charge in [0.25, 0.3) is 5.69 Å². The molecule has 0 radical (unpaired) electrons. The fourth-order valence-corrected chi connectivity index (χ4v) is 2.50. The number of rotatable bonds is 4. The van der Waals surface area contributed by atoms with Crippen molar-refractivity contribution in [2.45, 2.75) is 18.9 Å². The molecule has 1 aromatic carbocycles. The zero-order chi connectivity index (χ0) is 12.5. The quantitative estimate of drug-likeness (QED) is 0.677. The van der Waals surface area contributed by atoms with Crippen molar-refractivity contribution in [1.82, 2.24) is 4.98 Å². The van der Waals surface area contributed by atoms with Crippen LogP contribution in [0.2, 0.25) is 0 Å². The number of nitro benzene ring substituents is 1. The summed E-state index contributed by atoms with van der Waals surface area (Å²) >= 11 is 1.49. The number of nitro groups is 1. The zero-order valence-electron chi connectivity index (χ0n) is 9.50. The van der Waals surface area contributed by atoms with Gasteiger partial charge in [0, 0.05) is 17.5 Å². The lowest BCUT2D eigenvalue weighted by Crippen LogP contribution is -1.99. The minimum atomic E-state index is -0.372. The van der Waals surface area contributed by atoms with E-state index in [9.17, 15) is 10.1 Å². The minimum absolute atomic E-state index is 0.0979. The van der Waals surface area contributed by atoms with Gasteiger partial charge in [-0.1, -0.05) is 12.1 Å². The molecule has 0 aliphatic heterocycles. The smallest absolute Gasteiger partial charge is 0.278 e. The van der Waals surface area contributed by atoms with Crippen LogP contribution in [-0.4, -0.2) is 15.9 Å². The van der Waals surface area contributed by atoms with Crippen LogP contribution < -0.4 is 5.32 Å². The van der Waals surface area contributed by atoms with Gasteiger partial charge in [0.2, 0.25) is 0 Å². The van der Waals surface area contributed by atoms with Crippen molar-refractivity contribution in [2.75, 3.05) is 5.32 Å². The topological polar surface area (TPSA) is 68.1 Å². The van der Waals surface area contributed by atoms with E-state index in [0.717, 1.165) is 5.13 Å². The number of nitrogens with one attached hydrogen (secondary N) is 1. The third kappa shape index (κ3) is 2.19. The molecule has 1 heterocycles. The maximum absolute atomic E-state index is 11.0. The van der Waals surface area contributed by atoms with Crippen molar-refractivity contribution in [1.29, 1.82) is 0 Å². The molecule has 1 fully saturated rings. The molecule has 3 rings (SSSR count). The molecular formula is C12H11N3O2S. The molecule has 0 atom stereocenters. The first-order valence-corrected chi connectivity index (χ1v) is 6.58. The average molecular weight is 261 g/mol. The highest BCUT2D eigenvalue weighted by atomic mass is 32.1. The van der Waals surface area contributed by atoms with Gasteiger partial charge in [-0.2, -0.15) is 0 Å². The fraction of sp³-hybridized carbons (Fsp3) is 0.250. The van der Waals surface area contributed by atoms with Crippen molar-refractivity contribution in [3.8, 4) is 11.3 Å². The second-order valence-electron chi connectivity index (χ2n) is 4.23. The Labute approximate surface area is 108 Å². The van der Waals surface area contributed by atoms with Gasteiger partial charge in [-0.15, -0.1) is 11.3 Å². The van der Waals surface area contributed by atoms with Crippen LogP contribution in [0.15, 0.2) is 29.6 Å². The molecule has 0 spiro atoms. The number of hydrogen-bond donors (Lipinski definition) is 1. The van der Waals surface area contributed by atoms with E-state index in [1.165, 1.54) is 30.2 Å². The highest BCUT2D eigenvalue weighted by molar-refractivity contribution is 7.14. The van der Waals surface area contributed by atoms with E-state index in [4.69, 9.17) is 0 Å². The molecule has 18 heavy (non-hydrogen) atoms. The van der Waals surface area contributed by atoms with Gasteiger partial charge in [-0.3, -0.25) is 10.1 Å². The standard InChI is InChI=1S/C12H11N3O2S/c16-15(17)11-4-2-1-3-9(11)10-7-18-12(14-10)13-8-5-6-8/h1-4,7-8H,5-6H2,(H,13,14). The van der Waals surface area contributed by atoms with Crippen molar-refractivity contribution >= 4 is 22.2 Å². The molecule has 0 bridgehead atoms. The zero-order valence-corrected chi connectivity index (χ0v) is 10.3. The average Bonchev–Trinajstić information content (AvgIpc) is 3.05. The van der Waals surface area contributed by atoms with E-state index >= 15 is 0 Å². The van der Waals surface area contributed by atoms with Gasteiger partial charge in [-0.05, 0) is 18.9 Å². The van der Waals surface area contributed by atoms with Crippen LogP contribution >= 0.6 is 11.3 Å². The Morgan fingerprint density at radius 2 is 2.17 bits per heavy atom. The Hall–Kier alpha value is -1.95. The first-order valence-electron chi connectivity index (χ1n) is 5.70. The van der Waals surface area contributed by atoms with Crippen molar-refractivity contribution in [3.05, 3.63) is 39.8 Å². The van der Waals surface area contributed by atoms with Crippen molar-refractivity contribution in [2.24, 2.45) is 0 Å². The summed E-state index contributed by atoms with van der Waals surface area (Å²) < 4.78 is 0. The van der Waals surface area contributed by atoms with Crippen LogP contribution in [-0.2, 0) is 0 Å². The fourth-order valence-electron chi connectivity index (χ4n) is 1.72. The van der Waals surface area contributed by atoms with Gasteiger partial charge in [0.05, 0.1) is 16.2 Å². The summed E-state index contributed by atoms with van der Waals surface area (Å²) in [5, 5.41) is 16.9. The van der Waals surface area contributed by atoms with E-state index in [1.54, 1.807) is 18.2 Å². The second-order valence-corrected chi connectivity index (χ2v) is 5.09. The highest BCUT2D eigenvalue weighted by Crippen LogP contribution is 2.33. The van der Waals surface area contributed by atoms with Crippen molar-refractivity contribution < 1.29 is 4.92 Å². The van der Waals surface area contributed by atoms with Gasteiger partial charge in [0.1, 0.15) is 0 Å². The largest absolute Gasteiger partial charge is 0.359 e. The van der Waals surface area contributed by atoms with Crippen LogP contribution in [0.5, 0.6) is 0 Å². The van der Waals surface area contributed by atoms with E-state index in [1.807, 2.05) is 5.38 Å². The maximum atomic E-state index is 11.0. The normalized spacial score (nSPS) is 14.4. The van der Waals surface area contributed by atoms with Crippen molar-refractivity contribution in [3.63, 3.8) is 0 Å². The number of thiazole rings is 1. The number of anilines is 1. The Bertz CT molecular complexity index is 593. The maximum Gasteiger partial charge on any atom is 0.278 e. The number of aromatic nitrogens is 1. The number of para-hydroxylation sites is 1. The molecule has 1 saturated carbocycles. The first-order chi connectivity index (χ1) is 8.74. The summed E-state index contributed by atoms with van der Waals surface area (Å²) in [4.78, 5) is 15.0. The highest BCUT2D eigenvalue weighted by Gasteiger charge is 2.23. The molecule has 0 amide bonds. The molecular weight excluding hydrogens is 250 g/mol. The van der Waals surface area contributed by atoms with Crippen LogP contribution in [0.4, 0.5) is 10.8 Å². The van der Waals surface area contributed by atoms with Crippen LogP contribution in [0.3, 0.4) is 0 Å². The molecule has 1 aliphatic carbocycles. The minimum Gasteiger partial charge on any atom is -0.359 e. The van der Waals surface area contributed by atoms with Gasteiger partial charge in [0.15, 0.2) is 5.13 Å². The Morgan fingerprint density at radius 1 is 1.39 bits per heavy atom. The number of benzene rings is 1. The molecule has 0 saturated heterocycles. The Kier molecular flexibility index (Phi) is 2.71. The summed E-state index contributed by atoms with van der Waals surface area (Å²) in [6.07, 6.45) is 2.36. The van der Waals surface area contributed by atoms with E-state index in [-0.39, 0.29) is 10.6 Å². The van der Waals surface area contributed by atoms with E-state index < -0.39 is 0 Å². The van der Waals surface area contributed by atoms with Crippen LogP contribution in [0, 0.1) is 10.1 Å². The van der Waals surface area contributed by atoms with E-state index in [2.05, 4.69) is 10.3 Å². The third-order valence-corrected chi connectivity index (χ3v) is 3.56. The lowest BCUT2D eigenvalue weighted by atomic mass is 10.1. The monoisotopic (exact) mass is 261 g/mol. The lowest BCUT2D eigenvalue weighted by Gasteiger charge is -1.99. The lowest BCUT2D eigenvalue weighted by molar-refractivity contribution is -0.384. The summed E-state index contributed by atoms with van der Waals surface area (Å²) in [6, 6.07) is 7.22. The predicted molar refractivity (Wildman–Crippen MR) is 70.8 cm³/mol. The molecule has 6 heteroatoms. The molecule has 92 valence electrons. The van der Waals surface area contributed by atoms with Gasteiger partial charge >= 0.3 is 0 Å². The molecule has 1 N–H and O–H groups in total. The second kappa shape index (κ2) is 4.38. The Balaban J connectivity index is 1.93. The van der Waals surface area contributed by atoms with Crippen LogP contribution in [0.25, 0.3) is 11.3 Å². The van der Waals surface area contributed by atoms with Crippen LogP contribution in [0.1, 0.15) is 12.8 Å². The summed E-state index contributed by atoms with van der Waals surface area (Å²) in [5.74, 6) is 0. The molecule has 2 aromatic rings. The first kappa shape index (κ1) is 11.2. The molecule has 5 nitrogen and oxygen atoms in total. The molecule has 1 aromatic heterocycles. The number of hydrogen-bond acceptors (Lipinski definition) is 5. The summed E-state index contributed by atoms with van der Waals surface area (Å²) in [5.41, 5.74) is 1.33. The van der Waals surface area contributed by atoms with Gasteiger partial charge in [-0.25, -0.2) is 4.98 Å². The van der Waals surface area contributed by atoms with Gasteiger partial charge < -0.3 is 5.32 Å². The molecule has 0 unspecified atom stereocenters. The molecule has 1 aliphatic rings. The number of nitrogens with zero attached hydrogens (tertiary/aromatic N) is 2. The predicted octanol–water partition coefficient (Wildman–Crippen LogP) is 3.29.